The van der Waals surface area contributed by atoms with Gasteiger partial charge in [0.25, 0.3) is 5.91 Å². The number of rotatable bonds is 3. The van der Waals surface area contributed by atoms with Crippen LogP contribution >= 0.6 is 0 Å². The van der Waals surface area contributed by atoms with Gasteiger partial charge < -0.3 is 10.4 Å². The monoisotopic (exact) mass is 286 g/mol. The second-order valence-electron chi connectivity index (χ2n) is 5.40. The van der Waals surface area contributed by atoms with Crippen LogP contribution in [0, 0.1) is 11.8 Å². The van der Waals surface area contributed by atoms with E-state index in [1.807, 2.05) is 0 Å². The maximum atomic E-state index is 12.3. The maximum absolute atomic E-state index is 12.3. The number of pyridine rings is 1. The van der Waals surface area contributed by atoms with E-state index in [9.17, 15) is 4.79 Å². The third kappa shape index (κ3) is 5.20. The van der Waals surface area contributed by atoms with Crippen LogP contribution in [0.4, 0.5) is 0 Å². The average molecular weight is 286 g/mol. The SMILES string of the molecule is O=C(NC1CCCCCC1)c1cncc(C#CCCO)c1. The molecule has 2 rings (SSSR count). The van der Waals surface area contributed by atoms with Gasteiger partial charge in [0.2, 0.25) is 0 Å². The normalized spacial score (nSPS) is 15.7. The summed E-state index contributed by atoms with van der Waals surface area (Å²) in [6, 6.07) is 2.03. The number of aliphatic hydroxyl groups is 1. The van der Waals surface area contributed by atoms with Crippen LogP contribution in [0.15, 0.2) is 18.5 Å². The first-order valence-corrected chi connectivity index (χ1v) is 7.65. The zero-order valence-electron chi connectivity index (χ0n) is 12.3. The van der Waals surface area contributed by atoms with Gasteiger partial charge in [-0.1, -0.05) is 37.5 Å². The summed E-state index contributed by atoms with van der Waals surface area (Å²) in [5.41, 5.74) is 1.26. The van der Waals surface area contributed by atoms with Crippen molar-refractivity contribution >= 4 is 5.91 Å². The van der Waals surface area contributed by atoms with Gasteiger partial charge in [-0.05, 0) is 18.9 Å². The minimum absolute atomic E-state index is 0.0439. The van der Waals surface area contributed by atoms with Crippen molar-refractivity contribution in [1.82, 2.24) is 10.3 Å². The molecule has 1 aliphatic rings. The molecule has 0 unspecified atom stereocenters. The van der Waals surface area contributed by atoms with E-state index in [0.29, 0.717) is 17.5 Å². The van der Waals surface area contributed by atoms with Crippen LogP contribution in [0.5, 0.6) is 0 Å². The van der Waals surface area contributed by atoms with Crippen LogP contribution in [0.3, 0.4) is 0 Å². The summed E-state index contributed by atoms with van der Waals surface area (Å²) in [4.78, 5) is 16.3. The first kappa shape index (κ1) is 15.5. The van der Waals surface area contributed by atoms with Crippen molar-refractivity contribution in [2.24, 2.45) is 0 Å². The summed E-state index contributed by atoms with van der Waals surface area (Å²) >= 11 is 0. The molecular formula is C17H22N2O2. The fourth-order valence-corrected chi connectivity index (χ4v) is 2.55. The third-order valence-electron chi connectivity index (χ3n) is 3.66. The predicted molar refractivity (Wildman–Crippen MR) is 81.8 cm³/mol. The van der Waals surface area contributed by atoms with Gasteiger partial charge in [0, 0.05) is 30.4 Å². The van der Waals surface area contributed by atoms with E-state index in [0.717, 1.165) is 12.8 Å². The Morgan fingerprint density at radius 3 is 2.76 bits per heavy atom. The Labute approximate surface area is 126 Å². The lowest BCUT2D eigenvalue weighted by Crippen LogP contribution is -2.34. The molecule has 0 saturated heterocycles. The maximum Gasteiger partial charge on any atom is 0.253 e. The third-order valence-corrected chi connectivity index (χ3v) is 3.66. The molecule has 0 aromatic carbocycles. The Morgan fingerprint density at radius 2 is 2.05 bits per heavy atom. The molecule has 1 aromatic heterocycles. The number of hydrogen-bond acceptors (Lipinski definition) is 3. The Balaban J connectivity index is 1.98. The number of amides is 1. The van der Waals surface area contributed by atoms with Crippen molar-refractivity contribution in [2.45, 2.75) is 51.0 Å². The first-order chi connectivity index (χ1) is 10.3. The molecule has 1 aromatic rings. The van der Waals surface area contributed by atoms with Crippen LogP contribution in [-0.2, 0) is 0 Å². The highest BCUT2D eigenvalue weighted by molar-refractivity contribution is 5.94. The quantitative estimate of drug-likeness (QED) is 0.662. The molecule has 0 bridgehead atoms. The van der Waals surface area contributed by atoms with Crippen LogP contribution < -0.4 is 5.32 Å². The van der Waals surface area contributed by atoms with E-state index in [1.165, 1.54) is 25.7 Å². The molecule has 0 radical (unpaired) electrons. The van der Waals surface area contributed by atoms with Crippen molar-refractivity contribution < 1.29 is 9.90 Å². The molecule has 1 saturated carbocycles. The van der Waals surface area contributed by atoms with Gasteiger partial charge in [0.15, 0.2) is 0 Å². The largest absolute Gasteiger partial charge is 0.395 e. The lowest BCUT2D eigenvalue weighted by molar-refractivity contribution is 0.0933. The van der Waals surface area contributed by atoms with E-state index in [1.54, 1.807) is 18.5 Å². The molecule has 0 aliphatic heterocycles. The van der Waals surface area contributed by atoms with E-state index in [4.69, 9.17) is 5.11 Å². The summed E-state index contributed by atoms with van der Waals surface area (Å²) in [5.74, 6) is 5.67. The molecular weight excluding hydrogens is 264 g/mol. The fraction of sp³-hybridized carbons (Fsp3) is 0.529. The Bertz CT molecular complexity index is 523. The fourth-order valence-electron chi connectivity index (χ4n) is 2.55. The minimum atomic E-state index is -0.0693. The van der Waals surface area contributed by atoms with Crippen molar-refractivity contribution in [2.75, 3.05) is 6.61 Å². The lowest BCUT2D eigenvalue weighted by Gasteiger charge is -2.16. The molecule has 0 spiro atoms. The number of aliphatic hydroxyl groups excluding tert-OH is 1. The molecule has 1 fully saturated rings. The van der Waals surface area contributed by atoms with Crippen molar-refractivity contribution in [3.8, 4) is 11.8 Å². The lowest BCUT2D eigenvalue weighted by atomic mass is 10.1. The zero-order valence-corrected chi connectivity index (χ0v) is 12.3. The Kier molecular flexibility index (Phi) is 6.23. The highest BCUT2D eigenvalue weighted by Crippen LogP contribution is 2.17. The second-order valence-corrected chi connectivity index (χ2v) is 5.40. The van der Waals surface area contributed by atoms with Gasteiger partial charge in [-0.2, -0.15) is 0 Å². The van der Waals surface area contributed by atoms with Gasteiger partial charge in [-0.25, -0.2) is 0 Å². The molecule has 21 heavy (non-hydrogen) atoms. The summed E-state index contributed by atoms with van der Waals surface area (Å²) in [6.45, 7) is 0.0439. The number of hydrogen-bond donors (Lipinski definition) is 2. The number of nitrogens with one attached hydrogen (secondary N) is 1. The first-order valence-electron chi connectivity index (χ1n) is 7.65. The number of aromatic nitrogens is 1. The van der Waals surface area contributed by atoms with E-state index < -0.39 is 0 Å². The van der Waals surface area contributed by atoms with E-state index in [-0.39, 0.29) is 18.6 Å². The number of carbonyl (C=O) groups excluding carboxylic acids is 1. The average Bonchev–Trinajstić information content (AvgIpc) is 2.76. The highest BCUT2D eigenvalue weighted by atomic mass is 16.2. The summed E-state index contributed by atoms with van der Waals surface area (Å²) in [5, 5.41) is 11.8. The van der Waals surface area contributed by atoms with Gasteiger partial charge in [0.05, 0.1) is 12.2 Å². The minimum Gasteiger partial charge on any atom is -0.395 e. The van der Waals surface area contributed by atoms with Gasteiger partial charge in [-0.15, -0.1) is 0 Å². The Morgan fingerprint density at radius 1 is 1.29 bits per heavy atom. The molecule has 112 valence electrons. The molecule has 1 aliphatic carbocycles. The van der Waals surface area contributed by atoms with Crippen LogP contribution in [0.2, 0.25) is 0 Å². The zero-order chi connectivity index (χ0) is 14.9. The molecule has 1 amide bonds. The smallest absolute Gasteiger partial charge is 0.253 e. The molecule has 4 heteroatoms. The van der Waals surface area contributed by atoms with Crippen molar-refractivity contribution in [1.29, 1.82) is 0 Å². The second kappa shape index (κ2) is 8.43. The van der Waals surface area contributed by atoms with Gasteiger partial charge in [-0.3, -0.25) is 9.78 Å². The van der Waals surface area contributed by atoms with Crippen molar-refractivity contribution in [3.05, 3.63) is 29.6 Å². The molecule has 4 nitrogen and oxygen atoms in total. The van der Waals surface area contributed by atoms with Crippen molar-refractivity contribution in [3.63, 3.8) is 0 Å². The predicted octanol–water partition coefficient (Wildman–Crippen LogP) is 2.27. The number of carbonyl (C=O) groups is 1. The van der Waals surface area contributed by atoms with Crippen LogP contribution in [-0.4, -0.2) is 28.6 Å². The summed E-state index contributed by atoms with van der Waals surface area (Å²) in [7, 11) is 0. The standard InChI is InChI=1S/C17H22N2O2/c20-10-6-5-7-14-11-15(13-18-12-14)17(21)19-16-8-3-1-2-4-9-16/h11-13,16,20H,1-4,6,8-10H2,(H,19,21). The van der Waals surface area contributed by atoms with E-state index >= 15 is 0 Å². The van der Waals surface area contributed by atoms with Crippen LogP contribution in [0.25, 0.3) is 0 Å². The summed E-state index contributed by atoms with van der Waals surface area (Å²) in [6.07, 6.45) is 10.7. The highest BCUT2D eigenvalue weighted by Gasteiger charge is 2.15. The van der Waals surface area contributed by atoms with Crippen LogP contribution in [0.1, 0.15) is 60.9 Å². The van der Waals surface area contributed by atoms with E-state index in [2.05, 4.69) is 22.1 Å². The molecule has 0 atom stereocenters. The Hall–Kier alpha value is -1.86. The number of nitrogens with zero attached hydrogens (tertiary/aromatic N) is 1. The summed E-state index contributed by atoms with van der Waals surface area (Å²) < 4.78 is 0. The van der Waals surface area contributed by atoms with Gasteiger partial charge >= 0.3 is 0 Å². The van der Waals surface area contributed by atoms with Gasteiger partial charge in [0.1, 0.15) is 0 Å². The molecule has 2 N–H and O–H groups in total. The molecule has 1 heterocycles. The topological polar surface area (TPSA) is 62.2 Å².